The first-order valence-corrected chi connectivity index (χ1v) is 8.37. The third-order valence-corrected chi connectivity index (χ3v) is 4.62. The van der Waals surface area contributed by atoms with E-state index in [0.29, 0.717) is 16.3 Å². The Kier molecular flexibility index (Phi) is 5.36. The van der Waals surface area contributed by atoms with Crippen LogP contribution in [0.5, 0.6) is 0 Å². The summed E-state index contributed by atoms with van der Waals surface area (Å²) < 4.78 is 0.0318. The number of rotatable bonds is 5. The number of benzene rings is 2. The molecule has 0 aliphatic rings. The maximum atomic E-state index is 11.9. The van der Waals surface area contributed by atoms with E-state index < -0.39 is 15.0 Å². The van der Waals surface area contributed by atoms with E-state index in [9.17, 15) is 9.59 Å². The average molecular weight is 353 g/mol. The summed E-state index contributed by atoms with van der Waals surface area (Å²) in [6.45, 7) is 0. The van der Waals surface area contributed by atoms with Crippen molar-refractivity contribution in [1.29, 1.82) is 0 Å². The number of carbonyl (C=O) groups excluding carboxylic acids is 2. The first kappa shape index (κ1) is 14.8. The van der Waals surface area contributed by atoms with Gasteiger partial charge < -0.3 is 0 Å². The predicted molar refractivity (Wildman–Crippen MR) is 81.4 cm³/mol. The summed E-state index contributed by atoms with van der Waals surface area (Å²) in [5.41, 5.74) is 1.34. The second-order valence-electron chi connectivity index (χ2n) is 4.00. The van der Waals surface area contributed by atoms with Crippen molar-refractivity contribution in [2.45, 2.75) is 5.32 Å². The molecule has 0 saturated heterocycles. The molecule has 2 aromatic carbocycles. The van der Waals surface area contributed by atoms with Crippen molar-refractivity contribution in [2.24, 2.45) is 0 Å². The number of anilines is 1. The van der Waals surface area contributed by atoms with E-state index in [1.54, 1.807) is 36.4 Å². The van der Waals surface area contributed by atoms with Gasteiger partial charge in [-0.1, -0.05) is 0 Å². The molecule has 0 aromatic heterocycles. The summed E-state index contributed by atoms with van der Waals surface area (Å²) >= 11 is 5.37. The monoisotopic (exact) mass is 353 g/mol. The fraction of sp³-hybridized carbons (Fsp3) is 0.0667. The Hall–Kier alpha value is -1.61. The zero-order chi connectivity index (χ0) is 14.4. The summed E-state index contributed by atoms with van der Waals surface area (Å²) in [7, 11) is 0. The molecule has 1 N–H and O–H groups in total. The standard InChI is InChI=1S/C15H12ClNO2Se/c16-12-6-8-13(9-7-12)17-14(18)10-20-15(19)11-4-2-1-3-5-11/h1-9H,10H2,(H,17,18). The summed E-state index contributed by atoms with van der Waals surface area (Å²) in [6, 6.07) is 15.9. The maximum absolute atomic E-state index is 11.9. The number of hydrogen-bond donors (Lipinski definition) is 1. The molecule has 20 heavy (non-hydrogen) atoms. The first-order valence-electron chi connectivity index (χ1n) is 5.93. The normalized spacial score (nSPS) is 10.1. The zero-order valence-corrected chi connectivity index (χ0v) is 13.0. The quantitative estimate of drug-likeness (QED) is 0.840. The summed E-state index contributed by atoms with van der Waals surface area (Å²) in [5, 5.41) is 3.58. The Morgan fingerprint density at radius 1 is 1.00 bits per heavy atom. The van der Waals surface area contributed by atoms with Crippen LogP contribution in [0.3, 0.4) is 0 Å². The molecule has 0 bridgehead atoms. The first-order chi connectivity index (χ1) is 9.65. The van der Waals surface area contributed by atoms with Crippen molar-refractivity contribution < 1.29 is 9.59 Å². The summed E-state index contributed by atoms with van der Waals surface area (Å²) in [4.78, 5) is 23.6. The fourth-order valence-electron chi connectivity index (χ4n) is 1.52. The molecule has 3 nitrogen and oxygen atoms in total. The Bertz CT molecular complexity index is 599. The minimum absolute atomic E-state index is 0.0318. The number of hydrogen-bond acceptors (Lipinski definition) is 2. The van der Waals surface area contributed by atoms with Crippen molar-refractivity contribution in [2.75, 3.05) is 5.32 Å². The van der Waals surface area contributed by atoms with Gasteiger partial charge in [-0.3, -0.25) is 0 Å². The van der Waals surface area contributed by atoms with Crippen LogP contribution in [0, 0.1) is 0 Å². The number of halogens is 1. The number of nitrogens with one attached hydrogen (secondary N) is 1. The van der Waals surface area contributed by atoms with Crippen LogP contribution in [0.25, 0.3) is 0 Å². The van der Waals surface area contributed by atoms with E-state index in [-0.39, 0.29) is 15.9 Å². The van der Waals surface area contributed by atoms with Gasteiger partial charge in [-0.15, -0.1) is 0 Å². The molecule has 0 aliphatic carbocycles. The molecule has 1 amide bonds. The molecule has 0 fully saturated rings. The van der Waals surface area contributed by atoms with Gasteiger partial charge in [0.15, 0.2) is 0 Å². The van der Waals surface area contributed by atoms with Crippen molar-refractivity contribution in [3.05, 3.63) is 65.2 Å². The second-order valence-corrected chi connectivity index (χ2v) is 6.42. The Labute approximate surface area is 128 Å². The van der Waals surface area contributed by atoms with E-state index in [4.69, 9.17) is 11.6 Å². The molecular formula is C15H12ClNO2Se. The van der Waals surface area contributed by atoms with Crippen LogP contribution in [0.4, 0.5) is 5.69 Å². The van der Waals surface area contributed by atoms with Gasteiger partial charge in [0.1, 0.15) is 0 Å². The van der Waals surface area contributed by atoms with Crippen molar-refractivity contribution >= 4 is 42.8 Å². The van der Waals surface area contributed by atoms with Gasteiger partial charge in [-0.2, -0.15) is 0 Å². The predicted octanol–water partition coefficient (Wildman–Crippen LogP) is 3.24. The topological polar surface area (TPSA) is 46.2 Å². The van der Waals surface area contributed by atoms with Gasteiger partial charge in [0.25, 0.3) is 0 Å². The van der Waals surface area contributed by atoms with Crippen molar-refractivity contribution in [1.82, 2.24) is 0 Å². The third-order valence-electron chi connectivity index (χ3n) is 2.47. The van der Waals surface area contributed by atoms with Gasteiger partial charge in [0.05, 0.1) is 0 Å². The van der Waals surface area contributed by atoms with Crippen LogP contribution >= 0.6 is 11.6 Å². The molecule has 0 radical (unpaired) electrons. The molecule has 5 heteroatoms. The Morgan fingerprint density at radius 3 is 2.30 bits per heavy atom. The summed E-state index contributed by atoms with van der Waals surface area (Å²) in [5.74, 6) is -0.156. The van der Waals surface area contributed by atoms with Crippen LogP contribution in [0.15, 0.2) is 54.6 Å². The van der Waals surface area contributed by atoms with Crippen LogP contribution in [-0.4, -0.2) is 25.5 Å². The van der Waals surface area contributed by atoms with Crippen molar-refractivity contribution in [3.63, 3.8) is 0 Å². The van der Waals surface area contributed by atoms with Crippen molar-refractivity contribution in [3.8, 4) is 0 Å². The van der Waals surface area contributed by atoms with Crippen LogP contribution < -0.4 is 5.32 Å². The van der Waals surface area contributed by atoms with Gasteiger partial charge in [0, 0.05) is 0 Å². The van der Waals surface area contributed by atoms with E-state index in [0.717, 1.165) is 0 Å². The average Bonchev–Trinajstić information content (AvgIpc) is 2.48. The molecule has 0 saturated carbocycles. The fourth-order valence-corrected chi connectivity index (χ4v) is 2.98. The van der Waals surface area contributed by atoms with E-state index in [1.807, 2.05) is 18.2 Å². The van der Waals surface area contributed by atoms with Gasteiger partial charge >= 0.3 is 128 Å². The van der Waals surface area contributed by atoms with Crippen LogP contribution in [-0.2, 0) is 4.79 Å². The Morgan fingerprint density at radius 2 is 1.65 bits per heavy atom. The SMILES string of the molecule is O=C(C[Se]C(=O)c1ccccc1)Nc1ccc(Cl)cc1. The van der Waals surface area contributed by atoms with E-state index in [2.05, 4.69) is 5.32 Å². The minimum atomic E-state index is -0.391. The molecule has 0 atom stereocenters. The molecule has 0 aliphatic heterocycles. The third kappa shape index (κ3) is 4.49. The molecule has 0 spiro atoms. The number of amides is 1. The number of carbonyl (C=O) groups is 2. The van der Waals surface area contributed by atoms with E-state index >= 15 is 0 Å². The molecular weight excluding hydrogens is 341 g/mol. The van der Waals surface area contributed by atoms with Gasteiger partial charge in [-0.05, 0) is 0 Å². The second kappa shape index (κ2) is 7.25. The molecule has 0 heterocycles. The molecule has 2 rings (SSSR count). The summed E-state index contributed by atoms with van der Waals surface area (Å²) in [6.07, 6.45) is 0. The van der Waals surface area contributed by atoms with Crippen LogP contribution in [0.1, 0.15) is 10.4 Å². The Balaban J connectivity index is 1.83. The molecule has 102 valence electrons. The van der Waals surface area contributed by atoms with Gasteiger partial charge in [0.2, 0.25) is 0 Å². The molecule has 0 unspecified atom stereocenters. The van der Waals surface area contributed by atoms with E-state index in [1.165, 1.54) is 0 Å². The molecule has 2 aromatic rings. The van der Waals surface area contributed by atoms with Gasteiger partial charge in [-0.25, -0.2) is 0 Å². The van der Waals surface area contributed by atoms with Crippen LogP contribution in [0.2, 0.25) is 10.3 Å². The zero-order valence-electron chi connectivity index (χ0n) is 10.5.